The van der Waals surface area contributed by atoms with Gasteiger partial charge in [0.1, 0.15) is 5.60 Å². The second-order valence-electron chi connectivity index (χ2n) is 10.8. The van der Waals surface area contributed by atoms with Crippen LogP contribution >= 0.6 is 0 Å². The maximum absolute atomic E-state index is 12.1. The third kappa shape index (κ3) is 7.74. The van der Waals surface area contributed by atoms with Crippen LogP contribution in [0.5, 0.6) is 0 Å². The largest absolute Gasteiger partial charge is 0.479 e. The Labute approximate surface area is 215 Å². The van der Waals surface area contributed by atoms with Crippen molar-refractivity contribution < 1.29 is 33.7 Å². The Balaban J connectivity index is 2.06. The van der Waals surface area contributed by atoms with E-state index in [1.807, 2.05) is 36.4 Å². The van der Waals surface area contributed by atoms with Gasteiger partial charge in [-0.05, 0) is 49.0 Å². The summed E-state index contributed by atoms with van der Waals surface area (Å²) < 4.78 is 17.3. The van der Waals surface area contributed by atoms with Gasteiger partial charge in [-0.3, -0.25) is 0 Å². The van der Waals surface area contributed by atoms with Gasteiger partial charge in [0.2, 0.25) is 0 Å². The molecule has 0 saturated carbocycles. The van der Waals surface area contributed by atoms with Gasteiger partial charge in [0.15, 0.2) is 12.2 Å². The van der Waals surface area contributed by atoms with E-state index in [1.54, 1.807) is 20.8 Å². The quantitative estimate of drug-likeness (QED) is 0.253. The Hall–Kier alpha value is -2.52. The van der Waals surface area contributed by atoms with Crippen LogP contribution in [0, 0.1) is 0 Å². The summed E-state index contributed by atoms with van der Waals surface area (Å²) in [6.45, 7) is 12.1. The molecule has 2 aromatic carbocycles. The van der Waals surface area contributed by atoms with Crippen LogP contribution in [0.4, 0.5) is 0 Å². The van der Waals surface area contributed by atoms with E-state index >= 15 is 0 Å². The molecule has 0 fully saturated rings. The molecule has 0 amide bonds. The number of benzene rings is 2. The van der Waals surface area contributed by atoms with E-state index in [4.69, 9.17) is 13.9 Å². The Morgan fingerprint density at radius 3 is 1.72 bits per heavy atom. The van der Waals surface area contributed by atoms with Gasteiger partial charge >= 0.3 is 11.9 Å². The lowest BCUT2D eigenvalue weighted by Gasteiger charge is -2.43. The molecule has 198 valence electrons. The van der Waals surface area contributed by atoms with E-state index < -0.39 is 38.1 Å². The van der Waals surface area contributed by atoms with Crippen molar-refractivity contribution >= 4 is 30.6 Å². The molecule has 8 heteroatoms. The van der Waals surface area contributed by atoms with Gasteiger partial charge in [-0.25, -0.2) is 9.59 Å². The highest BCUT2D eigenvalue weighted by Crippen LogP contribution is 2.36. The van der Waals surface area contributed by atoms with E-state index in [0.717, 1.165) is 0 Å². The summed E-state index contributed by atoms with van der Waals surface area (Å²) in [6, 6.07) is 20.6. The monoisotopic (exact) mass is 516 g/mol. The smallest absolute Gasteiger partial charge is 0.338 e. The minimum absolute atomic E-state index is 0.0565. The van der Waals surface area contributed by atoms with Crippen molar-refractivity contribution in [1.82, 2.24) is 0 Å². The molecular weight excluding hydrogens is 476 g/mol. The van der Waals surface area contributed by atoms with Crippen molar-refractivity contribution in [2.24, 2.45) is 0 Å². The molecule has 0 unspecified atom stereocenters. The van der Waals surface area contributed by atoms with Crippen LogP contribution in [0.15, 0.2) is 60.7 Å². The molecule has 0 heterocycles. The molecule has 0 aromatic heterocycles. The van der Waals surface area contributed by atoms with Crippen LogP contribution in [0.1, 0.15) is 54.4 Å². The van der Waals surface area contributed by atoms with E-state index in [1.165, 1.54) is 10.4 Å². The number of ether oxygens (including phenoxy) is 2. The van der Waals surface area contributed by atoms with Crippen molar-refractivity contribution in [3.63, 3.8) is 0 Å². The standard InChI is InChI=1S/C28H40O7Si/c1-27(2,3)35-26(32)23(29)24(25(30)31)33-19-13-14-20-34-36(28(4,5)6,21-15-9-7-10-16-21)22-17-11-8-12-18-22/h7-12,15-18,23-24,29H,13-14,19-20H2,1-6H3,(H,30,31)/t23-,24-/m1/s1. The number of hydrogen-bond donors (Lipinski definition) is 2. The summed E-state index contributed by atoms with van der Waals surface area (Å²) in [4.78, 5) is 23.7. The summed E-state index contributed by atoms with van der Waals surface area (Å²) >= 11 is 0. The zero-order valence-corrected chi connectivity index (χ0v) is 23.2. The van der Waals surface area contributed by atoms with Gasteiger partial charge in [0, 0.05) is 13.2 Å². The van der Waals surface area contributed by atoms with E-state index in [9.17, 15) is 19.8 Å². The number of carboxylic acids is 1. The van der Waals surface area contributed by atoms with Gasteiger partial charge in [-0.2, -0.15) is 0 Å². The molecule has 0 aliphatic rings. The van der Waals surface area contributed by atoms with E-state index in [-0.39, 0.29) is 11.6 Å². The summed E-state index contributed by atoms with van der Waals surface area (Å²) in [7, 11) is -2.64. The molecule has 0 bridgehead atoms. The Bertz CT molecular complexity index is 925. The van der Waals surface area contributed by atoms with Gasteiger partial charge < -0.3 is 24.1 Å². The molecule has 2 rings (SSSR count). The number of aliphatic carboxylic acids is 1. The number of carbonyl (C=O) groups excluding carboxylic acids is 1. The zero-order valence-electron chi connectivity index (χ0n) is 22.2. The SMILES string of the molecule is CC(C)(C)OC(=O)[C@H](O)[C@@H](OCCCCO[Si](c1ccccc1)(c1ccccc1)C(C)(C)C)C(=O)O. The first-order chi connectivity index (χ1) is 16.8. The average molecular weight is 517 g/mol. The number of rotatable bonds is 12. The molecule has 2 N–H and O–H groups in total. The lowest BCUT2D eigenvalue weighted by Crippen LogP contribution is -2.66. The lowest BCUT2D eigenvalue weighted by molar-refractivity contribution is -0.182. The first-order valence-electron chi connectivity index (χ1n) is 12.3. The fourth-order valence-corrected chi connectivity index (χ4v) is 8.79. The fraction of sp³-hybridized carbons (Fsp3) is 0.500. The van der Waals surface area contributed by atoms with Crippen LogP contribution in [-0.2, 0) is 23.5 Å². The number of hydrogen-bond acceptors (Lipinski definition) is 6. The van der Waals surface area contributed by atoms with Gasteiger partial charge in [0.05, 0.1) is 0 Å². The van der Waals surface area contributed by atoms with Gasteiger partial charge in [0.25, 0.3) is 8.32 Å². The van der Waals surface area contributed by atoms with Crippen LogP contribution in [-0.4, -0.2) is 61.5 Å². The maximum Gasteiger partial charge on any atom is 0.338 e. The minimum atomic E-state index is -2.64. The van der Waals surface area contributed by atoms with Crippen molar-refractivity contribution in [3.8, 4) is 0 Å². The van der Waals surface area contributed by atoms with Crippen LogP contribution in [0.3, 0.4) is 0 Å². The lowest BCUT2D eigenvalue weighted by atomic mass is 10.1. The molecule has 0 spiro atoms. The molecule has 2 aromatic rings. The zero-order chi connectivity index (χ0) is 27.0. The second-order valence-corrected chi connectivity index (χ2v) is 15.1. The summed E-state index contributed by atoms with van der Waals surface area (Å²) in [5.74, 6) is -2.44. The molecule has 0 aliphatic heterocycles. The van der Waals surface area contributed by atoms with E-state index in [2.05, 4.69) is 45.0 Å². The van der Waals surface area contributed by atoms with E-state index in [0.29, 0.717) is 19.4 Å². The molecule has 0 radical (unpaired) electrons. The fourth-order valence-electron chi connectivity index (χ4n) is 4.18. The number of esters is 1. The highest BCUT2D eigenvalue weighted by Gasteiger charge is 2.50. The number of aliphatic hydroxyl groups is 1. The highest BCUT2D eigenvalue weighted by molar-refractivity contribution is 6.99. The Morgan fingerprint density at radius 2 is 1.31 bits per heavy atom. The first-order valence-corrected chi connectivity index (χ1v) is 14.2. The Morgan fingerprint density at radius 1 is 0.833 bits per heavy atom. The maximum atomic E-state index is 12.1. The highest BCUT2D eigenvalue weighted by atomic mass is 28.4. The summed E-state index contributed by atoms with van der Waals surface area (Å²) in [5.41, 5.74) is -0.848. The molecule has 0 saturated heterocycles. The Kier molecular flexibility index (Phi) is 10.4. The number of carbonyl (C=O) groups is 2. The van der Waals surface area contributed by atoms with Crippen molar-refractivity contribution in [2.45, 2.75) is 77.2 Å². The minimum Gasteiger partial charge on any atom is -0.479 e. The third-order valence-corrected chi connectivity index (χ3v) is 10.8. The predicted octanol–water partition coefficient (Wildman–Crippen LogP) is 3.52. The molecule has 2 atom stereocenters. The number of carboxylic acid groups (broad SMARTS) is 1. The molecule has 36 heavy (non-hydrogen) atoms. The van der Waals surface area contributed by atoms with Crippen molar-refractivity contribution in [3.05, 3.63) is 60.7 Å². The van der Waals surface area contributed by atoms with Gasteiger partial charge in [-0.15, -0.1) is 0 Å². The molecule has 7 nitrogen and oxygen atoms in total. The molecule has 0 aliphatic carbocycles. The normalized spacial score (nSPS) is 14.2. The van der Waals surface area contributed by atoms with Gasteiger partial charge in [-0.1, -0.05) is 81.4 Å². The second kappa shape index (κ2) is 12.6. The first kappa shape index (κ1) is 29.7. The van der Waals surface area contributed by atoms with Crippen molar-refractivity contribution in [2.75, 3.05) is 13.2 Å². The topological polar surface area (TPSA) is 102 Å². The predicted molar refractivity (Wildman–Crippen MR) is 142 cm³/mol. The summed E-state index contributed by atoms with van der Waals surface area (Å²) in [6.07, 6.45) is -2.48. The number of unbranched alkanes of at least 4 members (excludes halogenated alkanes) is 1. The average Bonchev–Trinajstić information content (AvgIpc) is 2.79. The third-order valence-electron chi connectivity index (χ3n) is 5.75. The van der Waals surface area contributed by atoms with Crippen LogP contribution < -0.4 is 10.4 Å². The molecular formula is C28H40O7Si. The van der Waals surface area contributed by atoms with Crippen LogP contribution in [0.25, 0.3) is 0 Å². The summed E-state index contributed by atoms with van der Waals surface area (Å²) in [5, 5.41) is 21.8. The van der Waals surface area contributed by atoms with Crippen molar-refractivity contribution in [1.29, 1.82) is 0 Å². The van der Waals surface area contributed by atoms with Crippen LogP contribution in [0.2, 0.25) is 5.04 Å². The number of aliphatic hydroxyl groups excluding tert-OH is 1.